The Morgan fingerprint density at radius 2 is 1.90 bits per heavy atom. The second kappa shape index (κ2) is 8.17. The fourth-order valence-electron chi connectivity index (χ4n) is 5.29. The molecule has 3 rings (SSSR count). The van der Waals surface area contributed by atoms with Crippen LogP contribution in [-0.4, -0.2) is 51.3 Å². The van der Waals surface area contributed by atoms with Crippen molar-refractivity contribution < 1.29 is 35.5 Å². The number of fused-ring (bicyclic) bond motifs is 3. The van der Waals surface area contributed by atoms with Gasteiger partial charge in [-0.3, -0.25) is 14.4 Å². The first-order valence-corrected chi connectivity index (χ1v) is 11.1. The van der Waals surface area contributed by atoms with Crippen molar-refractivity contribution in [3.63, 3.8) is 0 Å². The predicted octanol–water partition coefficient (Wildman–Crippen LogP) is 2.74. The van der Waals surface area contributed by atoms with Gasteiger partial charge in [-0.2, -0.15) is 0 Å². The standard InChI is InChI=1S/C24H34O7.H2/c1-14(2)21(27)31-22(15(3)4)8-9-23(28)18(12-22)10-17(13-30-16(5)25)11-24(29)19(23)6-7-20(24)26;/h6-7,10,14-15,18-19,28-29H,8-9,11-13H2,1-5H3;1H/t18-,19-,22-,23+,24+;/m0./s1. The molecule has 174 valence electrons. The number of rotatable bonds is 5. The van der Waals surface area contributed by atoms with E-state index in [4.69, 9.17) is 9.47 Å². The predicted molar refractivity (Wildman–Crippen MR) is 115 cm³/mol. The van der Waals surface area contributed by atoms with E-state index in [1.54, 1.807) is 19.9 Å². The average Bonchev–Trinajstić information content (AvgIpc) is 2.92. The van der Waals surface area contributed by atoms with Crippen LogP contribution in [0.15, 0.2) is 23.8 Å². The second-order valence-corrected chi connectivity index (χ2v) is 10.0. The zero-order valence-corrected chi connectivity index (χ0v) is 19.0. The number of ether oxygens (including phenoxy) is 2. The van der Waals surface area contributed by atoms with Gasteiger partial charge >= 0.3 is 11.9 Å². The van der Waals surface area contributed by atoms with Gasteiger partial charge < -0.3 is 19.7 Å². The zero-order chi connectivity index (χ0) is 23.2. The van der Waals surface area contributed by atoms with Crippen molar-refractivity contribution in [2.24, 2.45) is 23.7 Å². The molecule has 1 saturated carbocycles. The Hall–Kier alpha value is -1.99. The highest BCUT2D eigenvalue weighted by molar-refractivity contribution is 6.00. The summed E-state index contributed by atoms with van der Waals surface area (Å²) in [6, 6.07) is 0. The first-order chi connectivity index (χ1) is 14.3. The van der Waals surface area contributed by atoms with Crippen molar-refractivity contribution in [1.29, 1.82) is 0 Å². The van der Waals surface area contributed by atoms with E-state index in [1.165, 1.54) is 13.0 Å². The highest BCUT2D eigenvalue weighted by atomic mass is 16.6. The molecule has 0 amide bonds. The lowest BCUT2D eigenvalue weighted by atomic mass is 9.59. The smallest absolute Gasteiger partial charge is 0.308 e. The van der Waals surface area contributed by atoms with Crippen molar-refractivity contribution in [2.45, 2.75) is 77.1 Å². The molecule has 1 fully saturated rings. The Kier molecular flexibility index (Phi) is 6.24. The molecule has 2 N–H and O–H groups in total. The van der Waals surface area contributed by atoms with E-state index in [9.17, 15) is 24.6 Å². The van der Waals surface area contributed by atoms with Gasteiger partial charge in [0.15, 0.2) is 5.78 Å². The van der Waals surface area contributed by atoms with Crippen LogP contribution in [0.4, 0.5) is 0 Å². The summed E-state index contributed by atoms with van der Waals surface area (Å²) >= 11 is 0. The van der Waals surface area contributed by atoms with Crippen LogP contribution in [0, 0.1) is 23.7 Å². The van der Waals surface area contributed by atoms with E-state index in [1.807, 2.05) is 19.9 Å². The van der Waals surface area contributed by atoms with Gasteiger partial charge in [0.1, 0.15) is 17.8 Å². The van der Waals surface area contributed by atoms with Gasteiger partial charge in [-0.15, -0.1) is 0 Å². The number of hydrogen-bond acceptors (Lipinski definition) is 7. The Balaban J connectivity index is 0.00000363. The molecular weight excluding hydrogens is 400 g/mol. The maximum Gasteiger partial charge on any atom is 0.308 e. The molecule has 0 unspecified atom stereocenters. The van der Waals surface area contributed by atoms with Crippen LogP contribution in [0.25, 0.3) is 0 Å². The SMILES string of the molecule is CC(=O)OCC1=C[C@H]2C[C@](OC(=O)C(C)C)(C(C)C)CC[C@]2(O)[C@@H]2C=CC(=O)[C@@]2(O)C1.[HH]. The van der Waals surface area contributed by atoms with Gasteiger partial charge in [0.05, 0.1) is 11.5 Å². The number of carbonyl (C=O) groups is 3. The third-order valence-electron chi connectivity index (χ3n) is 7.30. The number of esters is 2. The lowest BCUT2D eigenvalue weighted by Crippen LogP contribution is -2.60. The quantitative estimate of drug-likeness (QED) is 0.504. The van der Waals surface area contributed by atoms with Crippen molar-refractivity contribution in [3.8, 4) is 0 Å². The van der Waals surface area contributed by atoms with E-state index < -0.39 is 40.4 Å². The van der Waals surface area contributed by atoms with Crippen molar-refractivity contribution in [1.82, 2.24) is 0 Å². The third-order valence-corrected chi connectivity index (χ3v) is 7.30. The van der Waals surface area contributed by atoms with Gasteiger partial charge in [0, 0.05) is 26.6 Å². The highest BCUT2D eigenvalue weighted by Crippen LogP contribution is 2.55. The molecule has 0 saturated heterocycles. The number of ketones is 1. The monoisotopic (exact) mass is 436 g/mol. The molecule has 0 spiro atoms. The minimum Gasteiger partial charge on any atom is -0.461 e. The van der Waals surface area contributed by atoms with E-state index in [2.05, 4.69) is 0 Å². The molecule has 0 aromatic heterocycles. The molecule has 0 bridgehead atoms. The minimum atomic E-state index is -1.78. The van der Waals surface area contributed by atoms with Crippen molar-refractivity contribution in [2.75, 3.05) is 6.61 Å². The van der Waals surface area contributed by atoms with E-state index in [-0.39, 0.29) is 38.7 Å². The number of hydrogen-bond donors (Lipinski definition) is 2. The van der Waals surface area contributed by atoms with Crippen LogP contribution < -0.4 is 0 Å². The molecule has 7 nitrogen and oxygen atoms in total. The fourth-order valence-corrected chi connectivity index (χ4v) is 5.29. The Labute approximate surface area is 185 Å². The van der Waals surface area contributed by atoms with Gasteiger partial charge in [0.2, 0.25) is 0 Å². The van der Waals surface area contributed by atoms with Gasteiger partial charge in [-0.05, 0) is 36.8 Å². The molecule has 0 radical (unpaired) electrons. The van der Waals surface area contributed by atoms with Crippen molar-refractivity contribution >= 4 is 17.7 Å². The zero-order valence-electron chi connectivity index (χ0n) is 19.0. The molecule has 0 aliphatic heterocycles. The summed E-state index contributed by atoms with van der Waals surface area (Å²) in [4.78, 5) is 36.5. The van der Waals surface area contributed by atoms with Gasteiger partial charge in [-0.25, -0.2) is 0 Å². The molecule has 5 atom stereocenters. The molecule has 0 aromatic rings. The molecule has 3 aliphatic rings. The first kappa shape index (κ1) is 23.7. The molecule has 3 aliphatic carbocycles. The Bertz CT molecular complexity index is 832. The Morgan fingerprint density at radius 1 is 1.23 bits per heavy atom. The van der Waals surface area contributed by atoms with Crippen LogP contribution in [0.1, 0.15) is 61.7 Å². The largest absolute Gasteiger partial charge is 0.461 e. The lowest BCUT2D eigenvalue weighted by Gasteiger charge is -2.52. The van der Waals surface area contributed by atoms with Gasteiger partial charge in [0.25, 0.3) is 0 Å². The summed E-state index contributed by atoms with van der Waals surface area (Å²) < 4.78 is 11.2. The van der Waals surface area contributed by atoms with Crippen LogP contribution >= 0.6 is 0 Å². The minimum absolute atomic E-state index is 0. The molecule has 0 heterocycles. The second-order valence-electron chi connectivity index (χ2n) is 10.0. The summed E-state index contributed by atoms with van der Waals surface area (Å²) in [6.45, 7) is 8.79. The summed E-state index contributed by atoms with van der Waals surface area (Å²) in [5.74, 6) is -2.74. The lowest BCUT2D eigenvalue weighted by molar-refractivity contribution is -0.199. The van der Waals surface area contributed by atoms with Crippen LogP contribution in [-0.2, 0) is 23.9 Å². The summed E-state index contributed by atoms with van der Waals surface area (Å²) in [5, 5.41) is 23.1. The maximum absolute atomic E-state index is 12.6. The maximum atomic E-state index is 12.6. The summed E-state index contributed by atoms with van der Waals surface area (Å²) in [7, 11) is 0. The van der Waals surface area contributed by atoms with Crippen molar-refractivity contribution in [3.05, 3.63) is 23.8 Å². The topological polar surface area (TPSA) is 110 Å². The average molecular weight is 437 g/mol. The van der Waals surface area contributed by atoms with E-state index in [0.29, 0.717) is 18.4 Å². The fraction of sp³-hybridized carbons (Fsp3) is 0.708. The Morgan fingerprint density at radius 3 is 2.48 bits per heavy atom. The molecule has 0 aromatic carbocycles. The summed E-state index contributed by atoms with van der Waals surface area (Å²) in [5.41, 5.74) is -3.34. The van der Waals surface area contributed by atoms with Crippen LogP contribution in [0.3, 0.4) is 0 Å². The molecule has 31 heavy (non-hydrogen) atoms. The van der Waals surface area contributed by atoms with E-state index >= 15 is 0 Å². The summed E-state index contributed by atoms with van der Waals surface area (Å²) in [6.07, 6.45) is 5.78. The highest BCUT2D eigenvalue weighted by Gasteiger charge is 2.62. The van der Waals surface area contributed by atoms with Crippen LogP contribution in [0.5, 0.6) is 0 Å². The molecular formula is C24H36O7. The number of aliphatic hydroxyl groups is 2. The van der Waals surface area contributed by atoms with Crippen LogP contribution in [0.2, 0.25) is 0 Å². The first-order valence-electron chi connectivity index (χ1n) is 11.1. The third kappa shape index (κ3) is 4.10. The van der Waals surface area contributed by atoms with Gasteiger partial charge in [-0.1, -0.05) is 39.8 Å². The van der Waals surface area contributed by atoms with E-state index in [0.717, 1.165) is 0 Å². The molecule has 7 heteroatoms. The normalized spacial score (nSPS) is 37.2. The number of carbonyl (C=O) groups excluding carboxylic acids is 3.